The molecule has 0 atom stereocenters. The lowest BCUT2D eigenvalue weighted by atomic mass is 9.79. The van der Waals surface area contributed by atoms with E-state index < -0.39 is 0 Å². The van der Waals surface area contributed by atoms with Crippen molar-refractivity contribution in [2.45, 2.75) is 25.8 Å². The van der Waals surface area contributed by atoms with E-state index in [-0.39, 0.29) is 22.4 Å². The van der Waals surface area contributed by atoms with Crippen LogP contribution in [0, 0.1) is 5.41 Å². The summed E-state index contributed by atoms with van der Waals surface area (Å²) in [6.07, 6.45) is 4.25. The van der Waals surface area contributed by atoms with Gasteiger partial charge in [-0.15, -0.1) is 0 Å². The molecule has 0 saturated carbocycles. The molecule has 1 amide bonds. The molecule has 0 radical (unpaired) electrons. The molecule has 29 heavy (non-hydrogen) atoms. The Bertz CT molecular complexity index is 709. The van der Waals surface area contributed by atoms with Crippen molar-refractivity contribution in [3.63, 3.8) is 0 Å². The highest BCUT2D eigenvalue weighted by molar-refractivity contribution is 5.93. The lowest BCUT2D eigenvalue weighted by Gasteiger charge is -2.42. The highest BCUT2D eigenvalue weighted by Crippen LogP contribution is 2.31. The standard InChI is InChI=1S/C21H33N3O5/c1-27-11-3-8-24-7-2-4-18(20(24)26)19(25)22-16-21(5-12-28-13-6-21)17-23-9-14-29-15-10-23/h2,4,7H,3,5-6,8-17H2,1H3,(H,22,25). The fraction of sp³-hybridized carbons (Fsp3) is 0.714. The Labute approximate surface area is 172 Å². The molecule has 3 heterocycles. The third kappa shape index (κ3) is 6.12. The summed E-state index contributed by atoms with van der Waals surface area (Å²) in [6, 6.07) is 3.35. The first kappa shape index (κ1) is 22.0. The number of methoxy groups -OCH3 is 1. The summed E-state index contributed by atoms with van der Waals surface area (Å²) >= 11 is 0. The van der Waals surface area contributed by atoms with Crippen LogP contribution in [0.25, 0.3) is 0 Å². The number of aryl methyl sites for hydroxylation is 1. The summed E-state index contributed by atoms with van der Waals surface area (Å²) in [6.45, 7) is 7.33. The largest absolute Gasteiger partial charge is 0.385 e. The number of rotatable bonds is 9. The normalized spacial score (nSPS) is 19.8. The summed E-state index contributed by atoms with van der Waals surface area (Å²) in [5.41, 5.74) is -0.0915. The van der Waals surface area contributed by atoms with Crippen LogP contribution in [0.5, 0.6) is 0 Å². The van der Waals surface area contributed by atoms with Gasteiger partial charge in [0.2, 0.25) is 0 Å². The average Bonchev–Trinajstić information content (AvgIpc) is 2.75. The molecule has 2 fully saturated rings. The van der Waals surface area contributed by atoms with Crippen LogP contribution in [0.1, 0.15) is 29.6 Å². The minimum atomic E-state index is -0.302. The number of carbonyl (C=O) groups excluding carboxylic acids is 1. The van der Waals surface area contributed by atoms with Crippen LogP contribution < -0.4 is 10.9 Å². The second kappa shape index (κ2) is 10.9. The Morgan fingerprint density at radius 1 is 1.21 bits per heavy atom. The predicted molar refractivity (Wildman–Crippen MR) is 109 cm³/mol. The number of pyridine rings is 1. The van der Waals surface area contributed by atoms with Gasteiger partial charge in [0.25, 0.3) is 11.5 Å². The van der Waals surface area contributed by atoms with E-state index >= 15 is 0 Å². The Hall–Kier alpha value is -1.74. The van der Waals surface area contributed by atoms with Crippen molar-refractivity contribution in [2.24, 2.45) is 5.41 Å². The molecule has 8 heteroatoms. The highest BCUT2D eigenvalue weighted by atomic mass is 16.5. The lowest BCUT2D eigenvalue weighted by Crippen LogP contribution is -2.51. The topological polar surface area (TPSA) is 82.0 Å². The van der Waals surface area contributed by atoms with Gasteiger partial charge in [0.05, 0.1) is 13.2 Å². The number of morpholine rings is 1. The van der Waals surface area contributed by atoms with Gasteiger partial charge in [-0.1, -0.05) is 0 Å². The van der Waals surface area contributed by atoms with E-state index in [2.05, 4.69) is 10.2 Å². The number of amides is 1. The Morgan fingerprint density at radius 3 is 2.66 bits per heavy atom. The minimum Gasteiger partial charge on any atom is -0.385 e. The number of carbonyl (C=O) groups is 1. The van der Waals surface area contributed by atoms with Crippen LogP contribution in [0.2, 0.25) is 0 Å². The summed E-state index contributed by atoms with van der Waals surface area (Å²) in [7, 11) is 1.63. The zero-order valence-corrected chi connectivity index (χ0v) is 17.4. The maximum atomic E-state index is 12.8. The smallest absolute Gasteiger partial charge is 0.263 e. The Kier molecular flexibility index (Phi) is 8.23. The minimum absolute atomic E-state index is 0.0302. The van der Waals surface area contributed by atoms with Gasteiger partial charge >= 0.3 is 0 Å². The van der Waals surface area contributed by atoms with Crippen molar-refractivity contribution >= 4 is 5.91 Å². The fourth-order valence-electron chi connectivity index (χ4n) is 4.06. The van der Waals surface area contributed by atoms with Gasteiger partial charge in [0.15, 0.2) is 0 Å². The fourth-order valence-corrected chi connectivity index (χ4v) is 4.06. The van der Waals surface area contributed by atoms with Crippen LogP contribution in [0.4, 0.5) is 0 Å². The summed E-state index contributed by atoms with van der Waals surface area (Å²) in [5.74, 6) is -0.302. The van der Waals surface area contributed by atoms with Crippen LogP contribution in [0.3, 0.4) is 0 Å². The molecular weight excluding hydrogens is 374 g/mol. The SMILES string of the molecule is COCCCn1cccc(C(=O)NCC2(CN3CCOCC3)CCOCC2)c1=O. The molecule has 2 aliphatic heterocycles. The molecule has 1 aromatic heterocycles. The molecule has 2 aliphatic rings. The van der Waals surface area contributed by atoms with E-state index in [0.29, 0.717) is 32.9 Å². The first-order chi connectivity index (χ1) is 14.1. The van der Waals surface area contributed by atoms with E-state index in [4.69, 9.17) is 14.2 Å². The van der Waals surface area contributed by atoms with Gasteiger partial charge in [0.1, 0.15) is 5.56 Å². The zero-order valence-electron chi connectivity index (χ0n) is 17.4. The van der Waals surface area contributed by atoms with Crippen molar-refractivity contribution in [2.75, 3.05) is 66.3 Å². The number of aromatic nitrogens is 1. The molecule has 0 aromatic carbocycles. The quantitative estimate of drug-likeness (QED) is 0.608. The monoisotopic (exact) mass is 407 g/mol. The maximum Gasteiger partial charge on any atom is 0.263 e. The molecule has 0 spiro atoms. The number of ether oxygens (including phenoxy) is 3. The highest BCUT2D eigenvalue weighted by Gasteiger charge is 2.35. The number of hydrogen-bond donors (Lipinski definition) is 1. The van der Waals surface area contributed by atoms with E-state index in [0.717, 1.165) is 52.1 Å². The summed E-state index contributed by atoms with van der Waals surface area (Å²) in [4.78, 5) is 27.9. The molecule has 3 rings (SSSR count). The van der Waals surface area contributed by atoms with E-state index in [1.807, 2.05) is 0 Å². The third-order valence-electron chi connectivity index (χ3n) is 5.85. The summed E-state index contributed by atoms with van der Waals surface area (Å²) < 4.78 is 17.6. The molecule has 1 aromatic rings. The number of nitrogens with zero attached hydrogens (tertiary/aromatic N) is 2. The van der Waals surface area contributed by atoms with Gasteiger partial charge in [0, 0.05) is 71.3 Å². The van der Waals surface area contributed by atoms with Crippen molar-refractivity contribution in [1.82, 2.24) is 14.8 Å². The Morgan fingerprint density at radius 2 is 1.93 bits per heavy atom. The molecule has 0 aliphatic carbocycles. The average molecular weight is 408 g/mol. The van der Waals surface area contributed by atoms with Gasteiger partial charge in [-0.05, 0) is 31.4 Å². The van der Waals surface area contributed by atoms with Crippen LogP contribution in [0.15, 0.2) is 23.1 Å². The van der Waals surface area contributed by atoms with Gasteiger partial charge in [-0.25, -0.2) is 0 Å². The Balaban J connectivity index is 1.64. The maximum absolute atomic E-state index is 12.8. The molecule has 162 valence electrons. The van der Waals surface area contributed by atoms with E-state index in [9.17, 15) is 9.59 Å². The van der Waals surface area contributed by atoms with E-state index in [1.54, 1.807) is 30.0 Å². The van der Waals surface area contributed by atoms with Gasteiger partial charge in [-0.3, -0.25) is 14.5 Å². The summed E-state index contributed by atoms with van der Waals surface area (Å²) in [5, 5.41) is 3.04. The second-order valence-corrected chi connectivity index (χ2v) is 7.95. The van der Waals surface area contributed by atoms with Crippen LogP contribution in [-0.4, -0.2) is 81.7 Å². The van der Waals surface area contributed by atoms with Crippen molar-refractivity contribution in [1.29, 1.82) is 0 Å². The molecular formula is C21H33N3O5. The first-order valence-electron chi connectivity index (χ1n) is 10.5. The molecule has 8 nitrogen and oxygen atoms in total. The van der Waals surface area contributed by atoms with E-state index in [1.165, 1.54) is 0 Å². The number of nitrogens with one attached hydrogen (secondary N) is 1. The molecule has 1 N–H and O–H groups in total. The van der Waals surface area contributed by atoms with Gasteiger partial charge in [-0.2, -0.15) is 0 Å². The van der Waals surface area contributed by atoms with Crippen LogP contribution in [-0.2, 0) is 20.8 Å². The predicted octanol–water partition coefficient (Wildman–Crippen LogP) is 0.744. The molecule has 0 bridgehead atoms. The van der Waals surface area contributed by atoms with Gasteiger partial charge < -0.3 is 24.1 Å². The molecule has 2 saturated heterocycles. The third-order valence-corrected chi connectivity index (χ3v) is 5.85. The lowest BCUT2D eigenvalue weighted by molar-refractivity contribution is -0.0283. The van der Waals surface area contributed by atoms with Crippen LogP contribution >= 0.6 is 0 Å². The number of hydrogen-bond acceptors (Lipinski definition) is 6. The second-order valence-electron chi connectivity index (χ2n) is 7.95. The zero-order chi connectivity index (χ0) is 20.5. The van der Waals surface area contributed by atoms with Crippen molar-refractivity contribution in [3.05, 3.63) is 34.2 Å². The van der Waals surface area contributed by atoms with Crippen molar-refractivity contribution in [3.8, 4) is 0 Å². The molecule has 0 unspecified atom stereocenters. The van der Waals surface area contributed by atoms with Crippen molar-refractivity contribution < 1.29 is 19.0 Å². The first-order valence-corrected chi connectivity index (χ1v) is 10.5.